The number of carbonyl (C=O) groups excluding carboxylic acids is 1. The van der Waals surface area contributed by atoms with E-state index in [1.165, 1.54) is 0 Å². The minimum Gasteiger partial charge on any atom is -0.615 e. The van der Waals surface area contributed by atoms with Gasteiger partial charge in [0.05, 0.1) is 6.10 Å². The van der Waals surface area contributed by atoms with E-state index in [-0.39, 0.29) is 42.0 Å². The number of rotatable bonds is 12. The molecule has 0 aromatic rings. The van der Waals surface area contributed by atoms with E-state index in [4.69, 9.17) is 19.6 Å². The Hall–Kier alpha value is -1.98. The first kappa shape index (κ1) is 33.4. The van der Waals surface area contributed by atoms with Crippen LogP contribution >= 0.6 is 0 Å². The molecule has 3 atom stereocenters. The highest BCUT2D eigenvalue weighted by atomic mass is 32.3. The van der Waals surface area contributed by atoms with Crippen molar-refractivity contribution in [1.82, 2.24) is 4.90 Å². The van der Waals surface area contributed by atoms with Gasteiger partial charge in [0.1, 0.15) is 11.0 Å². The molecule has 1 N–H and O–H groups in total. The van der Waals surface area contributed by atoms with Crippen LogP contribution in [0.2, 0.25) is 0 Å². The van der Waals surface area contributed by atoms with E-state index in [2.05, 4.69) is 10.0 Å². The van der Waals surface area contributed by atoms with E-state index in [0.717, 1.165) is 82.6 Å². The number of aliphatic hydroxyl groups excluding tert-OH is 1. The average Bonchev–Trinajstić information content (AvgIpc) is 3.46. The number of ether oxygens (including phenoxy) is 2. The summed E-state index contributed by atoms with van der Waals surface area (Å²) in [6, 6.07) is 0. The molecule has 0 bridgehead atoms. The zero-order valence-corrected chi connectivity index (χ0v) is 27.0. The number of likely N-dealkylation sites (tertiary alicyclic amines) is 1. The molecule has 44 heavy (non-hydrogen) atoms. The predicted molar refractivity (Wildman–Crippen MR) is 169 cm³/mol. The molecule has 246 valence electrons. The topological polar surface area (TPSA) is 160 Å². The van der Waals surface area contributed by atoms with Gasteiger partial charge in [-0.25, -0.2) is 4.99 Å². The van der Waals surface area contributed by atoms with Crippen LogP contribution < -0.4 is 0 Å². The van der Waals surface area contributed by atoms with Gasteiger partial charge in [-0.3, -0.25) is 4.79 Å². The quantitative estimate of drug-likeness (QED) is 0.0914. The molecule has 3 aliphatic carbocycles. The van der Waals surface area contributed by atoms with Gasteiger partial charge in [0.2, 0.25) is 0 Å². The molecule has 1 saturated heterocycles. The molecule has 0 aromatic heterocycles. The van der Waals surface area contributed by atoms with Gasteiger partial charge >= 0.3 is 0 Å². The monoisotopic (exact) mass is 633 g/mol. The summed E-state index contributed by atoms with van der Waals surface area (Å²) < 4.78 is 40.2. The lowest BCUT2D eigenvalue weighted by Crippen LogP contribution is -2.56. The number of hydrogen-bond acceptors (Lipinski definition) is 8. The minimum absolute atomic E-state index is 0.00767. The fourth-order valence-corrected chi connectivity index (χ4v) is 9.90. The first-order chi connectivity index (χ1) is 21.4. The number of carbonyl (C=O) groups is 1. The van der Waals surface area contributed by atoms with Crippen molar-refractivity contribution >= 4 is 22.0 Å². The third-order valence-corrected chi connectivity index (χ3v) is 12.7. The Morgan fingerprint density at radius 3 is 2.48 bits per heavy atom. The van der Waals surface area contributed by atoms with Gasteiger partial charge in [-0.1, -0.05) is 11.5 Å². The van der Waals surface area contributed by atoms with Crippen molar-refractivity contribution < 1.29 is 28.1 Å². The number of amides is 1. The summed E-state index contributed by atoms with van der Waals surface area (Å²) in [4.78, 5) is 24.9. The van der Waals surface area contributed by atoms with Gasteiger partial charge in [-0.2, -0.15) is 0 Å². The van der Waals surface area contributed by atoms with E-state index in [1.807, 2.05) is 4.90 Å². The summed E-state index contributed by atoms with van der Waals surface area (Å²) in [6.07, 6.45) is 13.5. The number of aliphatic imine (C=N–C) groups is 1. The zero-order valence-electron chi connectivity index (χ0n) is 26.2. The van der Waals surface area contributed by atoms with Gasteiger partial charge in [0.15, 0.2) is 17.5 Å². The lowest BCUT2D eigenvalue weighted by molar-refractivity contribution is -0.140. The first-order valence-corrected chi connectivity index (χ1v) is 18.9. The van der Waals surface area contributed by atoms with Crippen molar-refractivity contribution in [2.75, 3.05) is 32.1 Å². The molecular formula is C32H51N5O6S. The van der Waals surface area contributed by atoms with Crippen LogP contribution in [-0.2, 0) is 28.7 Å². The predicted octanol–water partition coefficient (Wildman–Crippen LogP) is 5.98. The van der Waals surface area contributed by atoms with Crippen molar-refractivity contribution in [3.63, 3.8) is 0 Å². The number of hydrogen-bond donors (Lipinski definition) is 1. The van der Waals surface area contributed by atoms with E-state index < -0.39 is 21.9 Å². The highest BCUT2D eigenvalue weighted by Crippen LogP contribution is 2.45. The van der Waals surface area contributed by atoms with Crippen molar-refractivity contribution in [2.24, 2.45) is 16.0 Å². The summed E-state index contributed by atoms with van der Waals surface area (Å²) in [5.74, 6) is 0.301. The fourth-order valence-electron chi connectivity index (χ4n) is 7.91. The molecule has 3 fully saturated rings. The van der Waals surface area contributed by atoms with Gasteiger partial charge in [0, 0.05) is 59.5 Å². The molecule has 0 spiro atoms. The number of allylic oxidation sites excluding steroid dienone is 1. The van der Waals surface area contributed by atoms with Crippen LogP contribution in [0.25, 0.3) is 10.4 Å². The highest BCUT2D eigenvalue weighted by molar-refractivity contribution is 7.98. The van der Waals surface area contributed by atoms with E-state index in [1.54, 1.807) is 0 Å². The Labute approximate surface area is 263 Å². The van der Waals surface area contributed by atoms with Crippen LogP contribution in [0.1, 0.15) is 116 Å². The number of azide groups is 1. The lowest BCUT2D eigenvalue weighted by atomic mass is 9.79. The van der Waals surface area contributed by atoms with E-state index in [9.17, 15) is 19.1 Å². The smallest absolute Gasteiger partial charge is 0.255 e. The van der Waals surface area contributed by atoms with Crippen molar-refractivity contribution in [1.29, 1.82) is 0 Å². The summed E-state index contributed by atoms with van der Waals surface area (Å²) in [5, 5.41) is 12.8. The van der Waals surface area contributed by atoms with Crippen LogP contribution in [-0.4, -0.2) is 81.4 Å². The molecule has 2 aliphatic heterocycles. The van der Waals surface area contributed by atoms with Gasteiger partial charge in [-0.15, -0.1) is 4.21 Å². The van der Waals surface area contributed by atoms with Crippen LogP contribution in [0.3, 0.4) is 0 Å². The summed E-state index contributed by atoms with van der Waals surface area (Å²) in [5.41, 5.74) is 9.44. The molecule has 12 heteroatoms. The van der Waals surface area contributed by atoms with Gasteiger partial charge in [0.25, 0.3) is 5.91 Å². The molecule has 0 aromatic carbocycles. The third kappa shape index (κ3) is 7.69. The van der Waals surface area contributed by atoms with Crippen LogP contribution in [0.15, 0.2) is 21.4 Å². The third-order valence-electron chi connectivity index (χ3n) is 10.5. The lowest BCUT2D eigenvalue weighted by Gasteiger charge is -2.39. The normalized spacial score (nSPS) is 31.5. The number of aliphatic hydroxyl groups is 1. The molecular weight excluding hydrogens is 582 g/mol. The molecule has 5 rings (SSSR count). The van der Waals surface area contributed by atoms with Crippen molar-refractivity contribution in [3.05, 3.63) is 21.7 Å². The Kier molecular flexibility index (Phi) is 11.8. The fraction of sp³-hybridized carbons (Fsp3) is 0.875. The van der Waals surface area contributed by atoms with Crippen LogP contribution in [0, 0.1) is 5.92 Å². The van der Waals surface area contributed by atoms with E-state index in [0.29, 0.717) is 63.4 Å². The second-order valence-corrected chi connectivity index (χ2v) is 15.8. The molecule has 2 saturated carbocycles. The number of piperidine rings is 1. The van der Waals surface area contributed by atoms with Crippen LogP contribution in [0.4, 0.5) is 0 Å². The largest absolute Gasteiger partial charge is 0.615 e. The van der Waals surface area contributed by atoms with Crippen molar-refractivity contribution in [3.8, 4) is 0 Å². The highest BCUT2D eigenvalue weighted by Gasteiger charge is 2.57. The Balaban J connectivity index is 1.49. The first-order valence-electron chi connectivity index (χ1n) is 17.1. The molecule has 2 heterocycles. The molecule has 1 unspecified atom stereocenters. The minimum atomic E-state index is -3.44. The SMILES string of the molecule is [N-]=[N+]=NC1=C([C@H]2OC(C3CCC(OCCCO)CC3)=N[C@@]2(CC[S+](=O)([O-])C2CCCCC2)C(=O)N2CCCCC2)CCCC1. The maximum Gasteiger partial charge on any atom is 0.255 e. The summed E-state index contributed by atoms with van der Waals surface area (Å²) in [6.45, 7) is 1.90. The van der Waals surface area contributed by atoms with Crippen LogP contribution in [0.5, 0.6) is 0 Å². The van der Waals surface area contributed by atoms with Crippen molar-refractivity contribution in [2.45, 2.75) is 139 Å². The molecule has 1 amide bonds. The zero-order chi connectivity index (χ0) is 31.0. The molecule has 11 nitrogen and oxygen atoms in total. The summed E-state index contributed by atoms with van der Waals surface area (Å²) >= 11 is 0. The van der Waals surface area contributed by atoms with E-state index >= 15 is 0 Å². The molecule has 0 radical (unpaired) electrons. The molecule has 5 aliphatic rings. The van der Waals surface area contributed by atoms with Gasteiger partial charge < -0.3 is 24.0 Å². The number of nitrogens with zero attached hydrogens (tertiary/aromatic N) is 5. The standard InChI is InChI=1S/C32H51N5O6S/c33-36-35-28-13-6-5-12-27(28)29-32(31(39)37-19-7-2-8-20-37,18-23-44(40,41)26-10-3-1-4-11-26)34-30(43-29)24-14-16-25(17-15-24)42-22-9-21-38/h24-26,29,38H,1-23H2/t24?,25?,29-,32-/m1/s1. The second-order valence-electron chi connectivity index (χ2n) is 13.4. The maximum atomic E-state index is 14.7. The second kappa shape index (κ2) is 15.5. The Bertz CT molecular complexity index is 1150. The Morgan fingerprint density at radius 1 is 1.07 bits per heavy atom. The Morgan fingerprint density at radius 2 is 1.77 bits per heavy atom. The average molecular weight is 634 g/mol. The summed E-state index contributed by atoms with van der Waals surface area (Å²) in [7, 11) is -3.44. The van der Waals surface area contributed by atoms with Gasteiger partial charge in [-0.05, 0) is 114 Å². The number of sulfone groups is 1. The maximum absolute atomic E-state index is 14.7.